The van der Waals surface area contributed by atoms with Crippen LogP contribution in [0.5, 0.6) is 11.5 Å². The van der Waals surface area contributed by atoms with E-state index in [2.05, 4.69) is 42.4 Å². The number of para-hydroxylation sites is 1. The zero-order valence-electron chi connectivity index (χ0n) is 10.9. The van der Waals surface area contributed by atoms with Gasteiger partial charge in [0.05, 0.1) is 21.9 Å². The van der Waals surface area contributed by atoms with Crippen molar-refractivity contribution in [2.45, 2.75) is 0 Å². The van der Waals surface area contributed by atoms with Gasteiger partial charge in [0, 0.05) is 5.56 Å². The summed E-state index contributed by atoms with van der Waals surface area (Å²) in [7, 11) is 0. The first-order valence-corrected chi connectivity index (χ1v) is 7.51. The lowest BCUT2D eigenvalue weighted by Gasteiger charge is -2.07. The van der Waals surface area contributed by atoms with E-state index >= 15 is 0 Å². The SMILES string of the molecule is O=C(O)c1ccccc1N/N=C/c1cc(Br)c(O)c(Br)c1O. The number of carbonyl (C=O) groups is 1. The number of hydrogen-bond donors (Lipinski definition) is 4. The van der Waals surface area contributed by atoms with Crippen molar-refractivity contribution >= 4 is 49.7 Å². The number of anilines is 1. The highest BCUT2D eigenvalue weighted by Crippen LogP contribution is 2.40. The Kier molecular flexibility index (Phi) is 5.04. The molecule has 114 valence electrons. The van der Waals surface area contributed by atoms with Gasteiger partial charge in [0.1, 0.15) is 16.0 Å². The molecule has 0 aliphatic heterocycles. The van der Waals surface area contributed by atoms with Gasteiger partial charge in [-0.05, 0) is 50.1 Å². The summed E-state index contributed by atoms with van der Waals surface area (Å²) < 4.78 is 0.513. The van der Waals surface area contributed by atoms with Crippen LogP contribution in [0.15, 0.2) is 44.4 Å². The van der Waals surface area contributed by atoms with Gasteiger partial charge in [-0.25, -0.2) is 4.79 Å². The van der Waals surface area contributed by atoms with Crippen LogP contribution in [0.3, 0.4) is 0 Å². The second kappa shape index (κ2) is 6.80. The van der Waals surface area contributed by atoms with Crippen molar-refractivity contribution in [2.24, 2.45) is 5.10 Å². The van der Waals surface area contributed by atoms with E-state index in [9.17, 15) is 15.0 Å². The molecule has 0 bridgehead atoms. The predicted molar refractivity (Wildman–Crippen MR) is 89.8 cm³/mol. The summed E-state index contributed by atoms with van der Waals surface area (Å²) in [6.07, 6.45) is 1.31. The summed E-state index contributed by atoms with van der Waals surface area (Å²) in [4.78, 5) is 11.1. The quantitative estimate of drug-likeness (QED) is 0.437. The van der Waals surface area contributed by atoms with Crippen molar-refractivity contribution in [3.8, 4) is 11.5 Å². The smallest absolute Gasteiger partial charge is 0.337 e. The van der Waals surface area contributed by atoms with Crippen molar-refractivity contribution in [1.82, 2.24) is 0 Å². The van der Waals surface area contributed by atoms with E-state index in [1.807, 2.05) is 0 Å². The third kappa shape index (κ3) is 3.40. The summed E-state index contributed by atoms with van der Waals surface area (Å²) in [5, 5.41) is 32.5. The summed E-state index contributed by atoms with van der Waals surface area (Å²) in [5.74, 6) is -1.38. The minimum Gasteiger partial charge on any atom is -0.506 e. The zero-order chi connectivity index (χ0) is 16.3. The summed E-state index contributed by atoms with van der Waals surface area (Å²) in [5.41, 5.74) is 3.34. The Labute approximate surface area is 142 Å². The Hall–Kier alpha value is -2.06. The van der Waals surface area contributed by atoms with Crippen LogP contribution >= 0.6 is 31.9 Å². The summed E-state index contributed by atoms with van der Waals surface area (Å²) in [6, 6.07) is 7.78. The standard InChI is InChI=1S/C14H10Br2N2O4/c15-9-5-7(12(19)11(16)13(9)20)6-17-18-10-4-2-1-3-8(10)14(21)22/h1-6,18-20H,(H,21,22)/b17-6+. The van der Waals surface area contributed by atoms with E-state index < -0.39 is 5.97 Å². The topological polar surface area (TPSA) is 102 Å². The molecule has 8 heteroatoms. The minimum atomic E-state index is -1.07. The minimum absolute atomic E-state index is 0.0805. The van der Waals surface area contributed by atoms with E-state index in [0.717, 1.165) is 0 Å². The molecule has 0 radical (unpaired) electrons. The molecule has 2 aromatic carbocycles. The number of carboxylic acids is 1. The maximum absolute atomic E-state index is 11.1. The number of nitrogens with one attached hydrogen (secondary N) is 1. The molecule has 22 heavy (non-hydrogen) atoms. The molecule has 0 amide bonds. The largest absolute Gasteiger partial charge is 0.506 e. The number of phenols is 2. The van der Waals surface area contributed by atoms with Gasteiger partial charge in [-0.3, -0.25) is 5.43 Å². The van der Waals surface area contributed by atoms with E-state index in [4.69, 9.17) is 5.11 Å². The van der Waals surface area contributed by atoms with Crippen LogP contribution in [-0.2, 0) is 0 Å². The van der Waals surface area contributed by atoms with Gasteiger partial charge in [0.2, 0.25) is 0 Å². The Morgan fingerprint density at radius 2 is 1.86 bits per heavy atom. The van der Waals surface area contributed by atoms with E-state index in [1.165, 1.54) is 18.3 Å². The number of aromatic hydroxyl groups is 2. The number of benzene rings is 2. The lowest BCUT2D eigenvalue weighted by Crippen LogP contribution is -2.02. The third-order valence-electron chi connectivity index (χ3n) is 2.74. The molecule has 0 aromatic heterocycles. The summed E-state index contributed by atoms with van der Waals surface area (Å²) >= 11 is 6.21. The number of hydrazone groups is 1. The number of halogens is 2. The molecule has 0 atom stereocenters. The molecule has 0 aliphatic carbocycles. The van der Waals surface area contributed by atoms with Crippen molar-refractivity contribution < 1.29 is 20.1 Å². The first kappa shape index (κ1) is 16.3. The first-order chi connectivity index (χ1) is 10.4. The average Bonchev–Trinajstić information content (AvgIpc) is 2.50. The monoisotopic (exact) mass is 428 g/mol. The highest BCUT2D eigenvalue weighted by atomic mass is 79.9. The third-order valence-corrected chi connectivity index (χ3v) is 4.10. The normalized spacial score (nSPS) is 10.8. The Bertz CT molecular complexity index is 763. The van der Waals surface area contributed by atoms with E-state index in [0.29, 0.717) is 15.7 Å². The van der Waals surface area contributed by atoms with Gasteiger partial charge < -0.3 is 15.3 Å². The second-order valence-electron chi connectivity index (χ2n) is 4.18. The number of hydrogen-bond acceptors (Lipinski definition) is 5. The highest BCUT2D eigenvalue weighted by Gasteiger charge is 2.13. The van der Waals surface area contributed by atoms with E-state index in [-0.39, 0.29) is 21.5 Å². The number of carboxylic acid groups (broad SMARTS) is 1. The molecular weight excluding hydrogens is 420 g/mol. The Morgan fingerprint density at radius 1 is 1.18 bits per heavy atom. The molecule has 0 fully saturated rings. The fourth-order valence-corrected chi connectivity index (χ4v) is 2.81. The van der Waals surface area contributed by atoms with Crippen LogP contribution in [0.4, 0.5) is 5.69 Å². The predicted octanol–water partition coefficient (Wildman–Crippen LogP) is 3.77. The fraction of sp³-hybridized carbons (Fsp3) is 0. The van der Waals surface area contributed by atoms with Crippen LogP contribution in [0.1, 0.15) is 15.9 Å². The van der Waals surface area contributed by atoms with Crippen molar-refractivity contribution in [2.75, 3.05) is 5.43 Å². The number of phenolic OH excluding ortho intramolecular Hbond substituents is 2. The lowest BCUT2D eigenvalue weighted by molar-refractivity contribution is 0.0698. The summed E-state index contributed by atoms with van der Waals surface area (Å²) in [6.45, 7) is 0. The molecule has 6 nitrogen and oxygen atoms in total. The molecule has 4 N–H and O–H groups in total. The zero-order valence-corrected chi connectivity index (χ0v) is 14.1. The molecular formula is C14H10Br2N2O4. The highest BCUT2D eigenvalue weighted by molar-refractivity contribution is 9.11. The van der Waals surface area contributed by atoms with Gasteiger partial charge in [-0.2, -0.15) is 5.10 Å². The van der Waals surface area contributed by atoms with Gasteiger partial charge in [0.25, 0.3) is 0 Å². The maximum Gasteiger partial charge on any atom is 0.337 e. The number of nitrogens with zero attached hydrogens (tertiary/aromatic N) is 1. The molecule has 0 spiro atoms. The fourth-order valence-electron chi connectivity index (χ4n) is 1.65. The van der Waals surface area contributed by atoms with Crippen molar-refractivity contribution in [1.29, 1.82) is 0 Å². The molecule has 0 saturated carbocycles. The molecule has 0 saturated heterocycles. The number of aromatic carboxylic acids is 1. The van der Waals surface area contributed by atoms with Crippen molar-refractivity contribution in [3.05, 3.63) is 50.4 Å². The number of rotatable bonds is 4. The second-order valence-corrected chi connectivity index (χ2v) is 5.83. The van der Waals surface area contributed by atoms with Crippen molar-refractivity contribution in [3.63, 3.8) is 0 Å². The van der Waals surface area contributed by atoms with Gasteiger partial charge in [-0.1, -0.05) is 12.1 Å². The Morgan fingerprint density at radius 3 is 2.55 bits per heavy atom. The van der Waals surface area contributed by atoms with Crippen LogP contribution in [0.2, 0.25) is 0 Å². The van der Waals surface area contributed by atoms with Crippen LogP contribution in [-0.4, -0.2) is 27.5 Å². The Balaban J connectivity index is 2.26. The lowest BCUT2D eigenvalue weighted by atomic mass is 10.2. The molecule has 2 aromatic rings. The van der Waals surface area contributed by atoms with Gasteiger partial charge >= 0.3 is 5.97 Å². The van der Waals surface area contributed by atoms with Crippen LogP contribution in [0, 0.1) is 0 Å². The van der Waals surface area contributed by atoms with Crippen LogP contribution < -0.4 is 5.43 Å². The molecule has 0 aliphatic rings. The molecule has 0 unspecified atom stereocenters. The van der Waals surface area contributed by atoms with E-state index in [1.54, 1.807) is 18.2 Å². The van der Waals surface area contributed by atoms with Gasteiger partial charge in [-0.15, -0.1) is 0 Å². The van der Waals surface area contributed by atoms with Crippen LogP contribution in [0.25, 0.3) is 0 Å². The average molecular weight is 430 g/mol. The molecule has 2 rings (SSSR count). The molecule has 0 heterocycles. The maximum atomic E-state index is 11.1. The first-order valence-electron chi connectivity index (χ1n) is 5.93. The van der Waals surface area contributed by atoms with Gasteiger partial charge in [0.15, 0.2) is 0 Å².